The number of nitrogens with zero attached hydrogens (tertiary/aromatic N) is 1. The van der Waals surface area contributed by atoms with Crippen molar-refractivity contribution in [1.82, 2.24) is 26.2 Å². The van der Waals surface area contributed by atoms with Crippen molar-refractivity contribution in [3.63, 3.8) is 0 Å². The van der Waals surface area contributed by atoms with Crippen LogP contribution in [0.5, 0.6) is 5.75 Å². The minimum absolute atomic E-state index is 0.0104. The highest BCUT2D eigenvalue weighted by Crippen LogP contribution is 2.19. The zero-order valence-electron chi connectivity index (χ0n) is 22.5. The molecule has 214 valence electrons. The number of hydrogen-bond donors (Lipinski definition) is 5. The maximum atomic E-state index is 13.2. The summed E-state index contributed by atoms with van der Waals surface area (Å²) >= 11 is 0. The van der Waals surface area contributed by atoms with Gasteiger partial charge >= 0.3 is 0 Å². The van der Waals surface area contributed by atoms with E-state index in [-0.39, 0.29) is 30.8 Å². The number of rotatable bonds is 9. The second-order valence-electron chi connectivity index (χ2n) is 10.1. The largest absolute Gasteiger partial charge is 0.491 e. The van der Waals surface area contributed by atoms with Gasteiger partial charge in [0, 0.05) is 13.0 Å². The van der Waals surface area contributed by atoms with E-state index in [0.717, 1.165) is 32.5 Å². The average molecular weight is 545 g/mol. The molecule has 3 atom stereocenters. The van der Waals surface area contributed by atoms with E-state index in [0.29, 0.717) is 6.54 Å². The molecule has 39 heavy (non-hydrogen) atoms. The van der Waals surface area contributed by atoms with Gasteiger partial charge in [-0.25, -0.2) is 0 Å². The standard InChI is InChI=1S/C27H40N6O6/c1-18-17-39-22-9-3-2-8-19(22)25(36)32-21(26(37)29-12-4-5-13-33-14-6-7-15-33)16-24(35)31-20(27(38)30-18)10-11-23(28)34/h2-3,8-9,18,20-21H,4-7,10-17H2,1H3,(H2,28,34)(H,29,37)(H,30,38)(H,31,35)(H,32,36)/t18-,20+,21+/m1/s1. The number of benzene rings is 1. The van der Waals surface area contributed by atoms with Crippen molar-refractivity contribution in [2.45, 2.75) is 70.0 Å². The van der Waals surface area contributed by atoms with E-state index in [1.165, 1.54) is 12.8 Å². The van der Waals surface area contributed by atoms with Gasteiger partial charge in [0.05, 0.1) is 18.0 Å². The van der Waals surface area contributed by atoms with Crippen molar-refractivity contribution in [2.24, 2.45) is 5.73 Å². The molecule has 2 aliphatic rings. The minimum Gasteiger partial charge on any atom is -0.491 e. The zero-order chi connectivity index (χ0) is 28.2. The van der Waals surface area contributed by atoms with Crippen LogP contribution in [-0.2, 0) is 19.2 Å². The lowest BCUT2D eigenvalue weighted by molar-refractivity contribution is -0.131. The van der Waals surface area contributed by atoms with E-state index in [1.54, 1.807) is 31.2 Å². The van der Waals surface area contributed by atoms with Gasteiger partial charge in [-0.15, -0.1) is 0 Å². The maximum absolute atomic E-state index is 13.2. The normalized spacial score (nSPS) is 22.9. The molecular weight excluding hydrogens is 504 g/mol. The van der Waals surface area contributed by atoms with Crippen LogP contribution in [0.1, 0.15) is 62.2 Å². The smallest absolute Gasteiger partial charge is 0.255 e. The van der Waals surface area contributed by atoms with Crippen molar-refractivity contribution in [3.8, 4) is 5.75 Å². The number of nitrogens with one attached hydrogen (secondary N) is 4. The lowest BCUT2D eigenvalue weighted by atomic mass is 10.1. The predicted molar refractivity (Wildman–Crippen MR) is 144 cm³/mol. The molecule has 0 saturated carbocycles. The van der Waals surface area contributed by atoms with Crippen molar-refractivity contribution < 1.29 is 28.7 Å². The highest BCUT2D eigenvalue weighted by Gasteiger charge is 2.29. The number of nitrogens with two attached hydrogens (primary N) is 1. The fraction of sp³-hybridized carbons (Fsp3) is 0.593. The van der Waals surface area contributed by atoms with Crippen LogP contribution < -0.4 is 31.7 Å². The minimum atomic E-state index is -1.19. The number of primary amides is 1. The summed E-state index contributed by atoms with van der Waals surface area (Å²) in [7, 11) is 0. The third-order valence-electron chi connectivity index (χ3n) is 6.75. The predicted octanol–water partition coefficient (Wildman–Crippen LogP) is -0.185. The summed E-state index contributed by atoms with van der Waals surface area (Å²) < 4.78 is 5.81. The Labute approximate surface area is 228 Å². The molecule has 0 bridgehead atoms. The van der Waals surface area contributed by atoms with Gasteiger partial charge in [0.2, 0.25) is 23.6 Å². The third kappa shape index (κ3) is 9.86. The highest BCUT2D eigenvalue weighted by molar-refractivity contribution is 6.01. The molecule has 6 N–H and O–H groups in total. The van der Waals surface area contributed by atoms with Gasteiger partial charge in [0.25, 0.3) is 5.91 Å². The lowest BCUT2D eigenvalue weighted by Crippen LogP contribution is -2.53. The molecule has 2 aliphatic heterocycles. The van der Waals surface area contributed by atoms with Crippen LogP contribution in [0, 0.1) is 0 Å². The van der Waals surface area contributed by atoms with E-state index >= 15 is 0 Å². The topological polar surface area (TPSA) is 172 Å². The molecule has 3 rings (SSSR count). The Morgan fingerprint density at radius 1 is 1.08 bits per heavy atom. The monoisotopic (exact) mass is 544 g/mol. The highest BCUT2D eigenvalue weighted by atomic mass is 16.5. The SMILES string of the molecule is C[C@@H]1COc2ccccc2C(=O)N[C@H](C(=O)NCCCCN2CCCC2)CC(=O)N[C@@H](CCC(N)=O)C(=O)N1. The summed E-state index contributed by atoms with van der Waals surface area (Å²) in [6.45, 7) is 5.36. The third-order valence-corrected chi connectivity index (χ3v) is 6.75. The summed E-state index contributed by atoms with van der Waals surface area (Å²) in [5, 5.41) is 10.8. The number of likely N-dealkylation sites (tertiary alicyclic amines) is 1. The Balaban J connectivity index is 1.72. The molecule has 1 aromatic rings. The maximum Gasteiger partial charge on any atom is 0.255 e. The van der Waals surface area contributed by atoms with Crippen molar-refractivity contribution in [2.75, 3.05) is 32.8 Å². The lowest BCUT2D eigenvalue weighted by Gasteiger charge is -2.24. The van der Waals surface area contributed by atoms with Crippen molar-refractivity contribution in [3.05, 3.63) is 29.8 Å². The van der Waals surface area contributed by atoms with Crippen LogP contribution >= 0.6 is 0 Å². The summed E-state index contributed by atoms with van der Waals surface area (Å²) in [5.41, 5.74) is 5.45. The van der Waals surface area contributed by atoms with E-state index in [1.807, 2.05) is 0 Å². The molecule has 12 nitrogen and oxygen atoms in total. The number of unbranched alkanes of at least 4 members (excludes halogenated alkanes) is 1. The molecule has 0 radical (unpaired) electrons. The first kappa shape index (κ1) is 29.9. The van der Waals surface area contributed by atoms with E-state index < -0.39 is 54.1 Å². The zero-order valence-corrected chi connectivity index (χ0v) is 22.5. The fourth-order valence-electron chi connectivity index (χ4n) is 4.62. The number of amides is 5. The molecule has 0 spiro atoms. The molecular formula is C27H40N6O6. The molecule has 2 heterocycles. The van der Waals surface area contributed by atoms with Crippen molar-refractivity contribution in [1.29, 1.82) is 0 Å². The van der Waals surface area contributed by atoms with E-state index in [9.17, 15) is 24.0 Å². The van der Waals surface area contributed by atoms with Gasteiger partial charge in [0.15, 0.2) is 0 Å². The van der Waals surface area contributed by atoms with Crippen LogP contribution in [0.4, 0.5) is 0 Å². The summed E-state index contributed by atoms with van der Waals surface area (Å²) in [5.74, 6) is -2.52. The van der Waals surface area contributed by atoms with Gasteiger partial charge < -0.3 is 36.6 Å². The Morgan fingerprint density at radius 2 is 1.82 bits per heavy atom. The van der Waals surface area contributed by atoms with Gasteiger partial charge in [-0.1, -0.05) is 12.1 Å². The first-order valence-electron chi connectivity index (χ1n) is 13.6. The second kappa shape index (κ2) is 15.1. The van der Waals surface area contributed by atoms with Gasteiger partial charge in [-0.3, -0.25) is 24.0 Å². The molecule has 1 fully saturated rings. The molecule has 5 amide bonds. The van der Waals surface area contributed by atoms with E-state index in [2.05, 4.69) is 26.2 Å². The Kier molecular flexibility index (Phi) is 11.5. The van der Waals surface area contributed by atoms with Gasteiger partial charge in [-0.2, -0.15) is 0 Å². The molecule has 0 aliphatic carbocycles. The number of ether oxygens (including phenoxy) is 1. The quantitative estimate of drug-likeness (QED) is 0.268. The van der Waals surface area contributed by atoms with E-state index in [4.69, 9.17) is 10.5 Å². The van der Waals surface area contributed by atoms with Gasteiger partial charge in [0.1, 0.15) is 24.4 Å². The number of carbonyl (C=O) groups excluding carboxylic acids is 5. The molecule has 1 aromatic carbocycles. The molecule has 0 unspecified atom stereocenters. The van der Waals surface area contributed by atoms with Gasteiger partial charge in [-0.05, 0) is 70.8 Å². The van der Waals surface area contributed by atoms with Crippen LogP contribution in [0.25, 0.3) is 0 Å². The van der Waals surface area contributed by atoms with Crippen LogP contribution in [0.15, 0.2) is 24.3 Å². The summed E-state index contributed by atoms with van der Waals surface area (Å²) in [6.07, 6.45) is 3.61. The molecule has 0 aromatic heterocycles. The average Bonchev–Trinajstić information content (AvgIpc) is 3.42. The number of fused-ring (bicyclic) bond motifs is 1. The summed E-state index contributed by atoms with van der Waals surface area (Å²) in [6, 6.07) is 3.85. The first-order chi connectivity index (χ1) is 18.7. The Bertz CT molecular complexity index is 1030. The Hall–Kier alpha value is -3.67. The number of carbonyl (C=O) groups is 5. The Morgan fingerprint density at radius 3 is 2.56 bits per heavy atom. The van der Waals surface area contributed by atoms with Crippen LogP contribution in [0.2, 0.25) is 0 Å². The van der Waals surface area contributed by atoms with Crippen LogP contribution in [0.3, 0.4) is 0 Å². The van der Waals surface area contributed by atoms with Crippen LogP contribution in [-0.4, -0.2) is 85.3 Å². The fourth-order valence-corrected chi connectivity index (χ4v) is 4.62. The number of hydrogen-bond acceptors (Lipinski definition) is 7. The molecule has 1 saturated heterocycles. The second-order valence-corrected chi connectivity index (χ2v) is 10.1. The first-order valence-corrected chi connectivity index (χ1v) is 13.6. The summed E-state index contributed by atoms with van der Waals surface area (Å²) in [4.78, 5) is 65.8. The van der Waals surface area contributed by atoms with Crippen molar-refractivity contribution >= 4 is 29.5 Å². The molecule has 12 heteroatoms. The number of para-hydroxylation sites is 1.